The fraction of sp³-hybridized carbons (Fsp3) is 0.500. The first kappa shape index (κ1) is 5.50. The molecule has 8 heavy (non-hydrogen) atoms. The number of hydrogen-bond donors (Lipinski definition) is 1. The molecule has 0 aliphatic carbocycles. The van der Waals surface area contributed by atoms with Crippen molar-refractivity contribution in [1.29, 1.82) is 0 Å². The Morgan fingerprint density at radius 3 is 2.62 bits per heavy atom. The largest absolute Gasteiger partial charge is 0.480 e. The maximum Gasteiger partial charge on any atom is 0.323 e. The fourth-order valence-corrected chi connectivity index (χ4v) is 0.656. The van der Waals surface area contributed by atoms with E-state index < -0.39 is 5.97 Å². The van der Waals surface area contributed by atoms with Gasteiger partial charge >= 0.3 is 5.97 Å². The van der Waals surface area contributed by atoms with Crippen molar-refractivity contribution < 1.29 is 9.90 Å². The van der Waals surface area contributed by atoms with Crippen LogP contribution in [0.25, 0.3) is 0 Å². The van der Waals surface area contributed by atoms with Crippen molar-refractivity contribution in [3.63, 3.8) is 0 Å². The van der Waals surface area contributed by atoms with Gasteiger partial charge in [-0.25, -0.2) is 0 Å². The Hall–Kier alpha value is -0.640. The van der Waals surface area contributed by atoms with Crippen molar-refractivity contribution in [2.75, 3.05) is 13.1 Å². The van der Waals surface area contributed by atoms with E-state index in [2.05, 4.69) is 12.2 Å². The Morgan fingerprint density at radius 1 is 2.00 bits per heavy atom. The molecule has 0 bridgehead atoms. The molecule has 0 atom stereocenters. The first-order chi connectivity index (χ1) is 3.70. The fourth-order valence-electron chi connectivity index (χ4n) is 0.435. The summed E-state index contributed by atoms with van der Waals surface area (Å²) in [5, 5.41) is 8.14. The molecule has 0 aromatic carbocycles. The smallest absolute Gasteiger partial charge is 0.323 e. The monoisotopic (exact) mass is 131 g/mol. The number of thiocarbonyl (C=S) groups is 1. The first-order valence-corrected chi connectivity index (χ1v) is 2.60. The van der Waals surface area contributed by atoms with Gasteiger partial charge in [0.15, 0.2) is 0 Å². The van der Waals surface area contributed by atoms with Crippen LogP contribution in [0.5, 0.6) is 0 Å². The average Bonchev–Trinajstić information content (AvgIpc) is 2.17. The average molecular weight is 131 g/mol. The van der Waals surface area contributed by atoms with Crippen LogP contribution in [0.2, 0.25) is 0 Å². The van der Waals surface area contributed by atoms with Crippen LogP contribution in [0, 0.1) is 0 Å². The van der Waals surface area contributed by atoms with E-state index in [0.717, 1.165) is 4.99 Å². The predicted molar refractivity (Wildman–Crippen MR) is 31.8 cm³/mol. The van der Waals surface area contributed by atoms with Crippen LogP contribution in [-0.4, -0.2) is 34.1 Å². The summed E-state index contributed by atoms with van der Waals surface area (Å²) in [6.07, 6.45) is 0. The minimum Gasteiger partial charge on any atom is -0.480 e. The van der Waals surface area contributed by atoms with E-state index in [9.17, 15) is 4.79 Å². The van der Waals surface area contributed by atoms with Crippen molar-refractivity contribution in [3.05, 3.63) is 0 Å². The Morgan fingerprint density at radius 2 is 2.50 bits per heavy atom. The van der Waals surface area contributed by atoms with Gasteiger partial charge in [-0.1, -0.05) is 12.2 Å². The van der Waals surface area contributed by atoms with Crippen LogP contribution < -0.4 is 0 Å². The summed E-state index contributed by atoms with van der Waals surface area (Å²) in [5.74, 6) is -0.815. The quantitative estimate of drug-likeness (QED) is 0.413. The molecular formula is C4H5NO2S. The molecule has 0 radical (unpaired) electrons. The van der Waals surface area contributed by atoms with E-state index in [1.54, 1.807) is 4.90 Å². The van der Waals surface area contributed by atoms with E-state index in [1.165, 1.54) is 0 Å². The zero-order valence-corrected chi connectivity index (χ0v) is 4.94. The summed E-state index contributed by atoms with van der Waals surface area (Å²) in [6.45, 7) is 0.750. The molecule has 1 aliphatic heterocycles. The van der Waals surface area contributed by atoms with E-state index in [1.807, 2.05) is 0 Å². The molecule has 0 aromatic heterocycles. The maximum atomic E-state index is 9.89. The van der Waals surface area contributed by atoms with Gasteiger partial charge in [-0.05, 0) is 0 Å². The molecule has 44 valence electrons. The summed E-state index contributed by atoms with van der Waals surface area (Å²) < 4.78 is 0. The second-order valence-corrected chi connectivity index (χ2v) is 2.11. The zero-order valence-electron chi connectivity index (χ0n) is 4.13. The number of carboxylic acids is 1. The van der Waals surface area contributed by atoms with Crippen LogP contribution in [0.15, 0.2) is 0 Å². The van der Waals surface area contributed by atoms with Crippen LogP contribution in [0.1, 0.15) is 0 Å². The van der Waals surface area contributed by atoms with Gasteiger partial charge in [-0.2, -0.15) is 0 Å². The summed E-state index contributed by atoms with van der Waals surface area (Å²) in [4.78, 5) is 12.3. The lowest BCUT2D eigenvalue weighted by Crippen LogP contribution is -2.11. The van der Waals surface area contributed by atoms with Gasteiger partial charge < -0.3 is 10.0 Å². The molecule has 0 amide bonds. The number of aliphatic carboxylic acids is 1. The van der Waals surface area contributed by atoms with Gasteiger partial charge in [0.25, 0.3) is 0 Å². The van der Waals surface area contributed by atoms with Crippen LogP contribution in [-0.2, 0) is 4.79 Å². The lowest BCUT2D eigenvalue weighted by molar-refractivity contribution is -0.136. The SMILES string of the molecule is O=C(O)CN1CC1=S. The molecule has 0 spiro atoms. The number of rotatable bonds is 2. The molecule has 4 heteroatoms. The van der Waals surface area contributed by atoms with Crippen molar-refractivity contribution in [3.8, 4) is 0 Å². The van der Waals surface area contributed by atoms with Gasteiger partial charge in [0.1, 0.15) is 6.54 Å². The third kappa shape index (κ3) is 1.16. The Bertz CT molecular complexity index is 145. The Labute approximate surface area is 51.9 Å². The molecule has 0 unspecified atom stereocenters. The molecule has 0 aromatic rings. The van der Waals surface area contributed by atoms with Gasteiger partial charge in [-0.3, -0.25) is 4.79 Å². The van der Waals surface area contributed by atoms with Crippen molar-refractivity contribution in [2.45, 2.75) is 0 Å². The molecule has 1 saturated heterocycles. The van der Waals surface area contributed by atoms with Gasteiger partial charge in [0, 0.05) is 0 Å². The van der Waals surface area contributed by atoms with Gasteiger partial charge in [0.2, 0.25) is 0 Å². The molecule has 1 aliphatic rings. The highest BCUT2D eigenvalue weighted by Crippen LogP contribution is 2.07. The second kappa shape index (κ2) is 1.70. The highest BCUT2D eigenvalue weighted by Gasteiger charge is 2.26. The van der Waals surface area contributed by atoms with Crippen molar-refractivity contribution in [1.82, 2.24) is 4.90 Å². The third-order valence-corrected chi connectivity index (χ3v) is 1.29. The summed E-state index contributed by atoms with van der Waals surface area (Å²) in [6, 6.07) is 0. The van der Waals surface area contributed by atoms with E-state index in [4.69, 9.17) is 5.11 Å². The summed E-state index contributed by atoms with van der Waals surface area (Å²) >= 11 is 4.65. The molecule has 1 N–H and O–H groups in total. The molecule has 0 saturated carbocycles. The zero-order chi connectivity index (χ0) is 6.15. The lowest BCUT2D eigenvalue weighted by atomic mass is 10.7. The molecule has 1 rings (SSSR count). The highest BCUT2D eigenvalue weighted by atomic mass is 32.1. The van der Waals surface area contributed by atoms with Crippen molar-refractivity contribution in [2.24, 2.45) is 0 Å². The minimum absolute atomic E-state index is 0.0683. The van der Waals surface area contributed by atoms with Crippen LogP contribution in [0.3, 0.4) is 0 Å². The Balaban J connectivity index is 2.23. The lowest BCUT2D eigenvalue weighted by Gasteiger charge is -1.90. The van der Waals surface area contributed by atoms with E-state index in [0.29, 0.717) is 6.54 Å². The molecule has 1 heterocycles. The topological polar surface area (TPSA) is 40.3 Å². The molecular weight excluding hydrogens is 126 g/mol. The number of hydrogen-bond acceptors (Lipinski definition) is 2. The van der Waals surface area contributed by atoms with Crippen molar-refractivity contribution >= 4 is 23.2 Å². The minimum atomic E-state index is -0.815. The third-order valence-electron chi connectivity index (χ3n) is 0.901. The Kier molecular flexibility index (Phi) is 1.17. The van der Waals surface area contributed by atoms with Crippen LogP contribution in [0.4, 0.5) is 0 Å². The normalized spacial score (nSPS) is 16.5. The van der Waals surface area contributed by atoms with Gasteiger partial charge in [0.05, 0.1) is 11.5 Å². The number of carbonyl (C=O) groups is 1. The first-order valence-electron chi connectivity index (χ1n) is 2.20. The second-order valence-electron chi connectivity index (χ2n) is 1.64. The number of nitrogens with zero attached hydrogens (tertiary/aromatic N) is 1. The molecule has 3 nitrogen and oxygen atoms in total. The standard InChI is InChI=1S/C4H5NO2S/c6-4(7)2-5-1-3(5)8/h1-2H2,(H,6,7). The van der Waals surface area contributed by atoms with E-state index in [-0.39, 0.29) is 6.54 Å². The predicted octanol–water partition coefficient (Wildman–Crippen LogP) is -0.286. The maximum absolute atomic E-state index is 9.89. The van der Waals surface area contributed by atoms with Crippen LogP contribution >= 0.6 is 12.2 Å². The van der Waals surface area contributed by atoms with E-state index >= 15 is 0 Å². The highest BCUT2D eigenvalue weighted by molar-refractivity contribution is 7.80. The number of carboxylic acid groups (broad SMARTS) is 1. The van der Waals surface area contributed by atoms with Gasteiger partial charge in [-0.15, -0.1) is 0 Å². The summed E-state index contributed by atoms with van der Waals surface area (Å²) in [7, 11) is 0. The molecule has 1 fully saturated rings. The summed E-state index contributed by atoms with van der Waals surface area (Å²) in [5.41, 5.74) is 0.